The van der Waals surface area contributed by atoms with Gasteiger partial charge in [0.1, 0.15) is 0 Å². The summed E-state index contributed by atoms with van der Waals surface area (Å²) in [6.45, 7) is 0. The summed E-state index contributed by atoms with van der Waals surface area (Å²) in [7, 11) is 0. The van der Waals surface area contributed by atoms with E-state index in [1.165, 1.54) is 23.9 Å². The number of thioether (sulfide) groups is 1. The van der Waals surface area contributed by atoms with Crippen molar-refractivity contribution >= 4 is 11.8 Å². The van der Waals surface area contributed by atoms with Crippen LogP contribution in [0.3, 0.4) is 0 Å². The lowest BCUT2D eigenvalue weighted by atomic mass is 9.88. The smallest absolute Gasteiger partial charge is 0.319 e. The normalized spacial score (nSPS) is 36.9. The first-order valence-electron chi connectivity index (χ1n) is 4.35. The van der Waals surface area contributed by atoms with Crippen molar-refractivity contribution in [2.24, 2.45) is 11.7 Å². The van der Waals surface area contributed by atoms with Gasteiger partial charge >= 0.3 is 6.18 Å². The van der Waals surface area contributed by atoms with Crippen LogP contribution in [0.2, 0.25) is 0 Å². The minimum Gasteiger partial charge on any atom is -0.319 e. The Labute approximate surface area is 84.2 Å². The van der Waals surface area contributed by atoms with E-state index in [1.54, 1.807) is 6.08 Å². The van der Waals surface area contributed by atoms with E-state index >= 15 is 0 Å². The monoisotopic (exact) mass is 221 g/mol. The molecule has 0 aromatic rings. The zero-order valence-electron chi connectivity index (χ0n) is 7.29. The molecule has 0 aromatic heterocycles. The SMILES string of the molecule is NC1CC2C(C(F)(F)F)=CC=CC2S1. The molecule has 1 heterocycles. The zero-order valence-corrected chi connectivity index (χ0v) is 8.11. The second kappa shape index (κ2) is 3.31. The molecule has 1 aliphatic carbocycles. The van der Waals surface area contributed by atoms with Crippen molar-refractivity contribution < 1.29 is 13.2 Å². The fourth-order valence-electron chi connectivity index (χ4n) is 1.92. The van der Waals surface area contributed by atoms with E-state index in [0.717, 1.165) is 0 Å². The van der Waals surface area contributed by atoms with Crippen LogP contribution in [0.1, 0.15) is 6.42 Å². The molecule has 0 bridgehead atoms. The highest BCUT2D eigenvalue weighted by atomic mass is 32.2. The third-order valence-corrected chi connectivity index (χ3v) is 3.86. The van der Waals surface area contributed by atoms with Crippen LogP contribution in [-0.4, -0.2) is 16.8 Å². The van der Waals surface area contributed by atoms with Gasteiger partial charge in [-0.3, -0.25) is 0 Å². The second-order valence-corrected chi connectivity index (χ2v) is 4.91. The Hall–Kier alpha value is -0.420. The van der Waals surface area contributed by atoms with E-state index in [9.17, 15) is 13.2 Å². The number of hydrogen-bond donors (Lipinski definition) is 1. The van der Waals surface area contributed by atoms with Crippen LogP contribution in [0.5, 0.6) is 0 Å². The predicted octanol–water partition coefficient (Wildman–Crippen LogP) is 2.45. The van der Waals surface area contributed by atoms with Gasteiger partial charge in [0, 0.05) is 16.7 Å². The van der Waals surface area contributed by atoms with Gasteiger partial charge in [-0.1, -0.05) is 18.2 Å². The van der Waals surface area contributed by atoms with Crippen LogP contribution in [0, 0.1) is 5.92 Å². The van der Waals surface area contributed by atoms with Crippen molar-refractivity contribution in [3.05, 3.63) is 23.8 Å². The van der Waals surface area contributed by atoms with Crippen LogP contribution >= 0.6 is 11.8 Å². The van der Waals surface area contributed by atoms with Gasteiger partial charge in [0.25, 0.3) is 0 Å². The number of halogens is 3. The van der Waals surface area contributed by atoms with E-state index in [-0.39, 0.29) is 10.6 Å². The maximum absolute atomic E-state index is 12.6. The van der Waals surface area contributed by atoms with E-state index in [4.69, 9.17) is 5.73 Å². The van der Waals surface area contributed by atoms with E-state index in [0.29, 0.717) is 6.42 Å². The van der Waals surface area contributed by atoms with E-state index in [2.05, 4.69) is 0 Å². The molecule has 0 spiro atoms. The van der Waals surface area contributed by atoms with Crippen LogP contribution in [0.4, 0.5) is 13.2 Å². The molecule has 0 saturated carbocycles. The lowest BCUT2D eigenvalue weighted by molar-refractivity contribution is -0.0989. The second-order valence-electron chi connectivity index (χ2n) is 3.49. The van der Waals surface area contributed by atoms with Crippen LogP contribution in [0.15, 0.2) is 23.8 Å². The Kier molecular flexibility index (Phi) is 2.39. The summed E-state index contributed by atoms with van der Waals surface area (Å²) >= 11 is 1.42. The minimum absolute atomic E-state index is 0.0911. The molecule has 0 radical (unpaired) electrons. The minimum atomic E-state index is -4.21. The van der Waals surface area contributed by atoms with Gasteiger partial charge in [-0.05, 0) is 6.42 Å². The molecule has 1 nitrogen and oxygen atoms in total. The third-order valence-electron chi connectivity index (χ3n) is 2.52. The highest BCUT2D eigenvalue weighted by molar-refractivity contribution is 8.00. The lowest BCUT2D eigenvalue weighted by Crippen LogP contribution is -2.26. The molecule has 3 atom stereocenters. The topological polar surface area (TPSA) is 26.0 Å². The highest BCUT2D eigenvalue weighted by Crippen LogP contribution is 2.47. The number of alkyl halides is 3. The first-order valence-corrected chi connectivity index (χ1v) is 5.29. The molecule has 0 aromatic carbocycles. The van der Waals surface area contributed by atoms with Crippen molar-refractivity contribution in [3.63, 3.8) is 0 Å². The first kappa shape index (κ1) is 10.1. The number of hydrogen-bond acceptors (Lipinski definition) is 2. The zero-order chi connectivity index (χ0) is 10.3. The van der Waals surface area contributed by atoms with Gasteiger partial charge in [0.2, 0.25) is 0 Å². The standard InChI is InChI=1S/C9H10F3NS/c10-9(11,12)6-2-1-3-7-5(6)4-8(13)14-7/h1-3,5,7-8H,4,13H2. The first-order chi connectivity index (χ1) is 6.48. The van der Waals surface area contributed by atoms with Crippen LogP contribution in [0.25, 0.3) is 0 Å². The van der Waals surface area contributed by atoms with Gasteiger partial charge in [0.05, 0.1) is 5.37 Å². The molecule has 2 rings (SSSR count). The summed E-state index contributed by atoms with van der Waals surface area (Å²) in [6, 6.07) is 0. The Morgan fingerprint density at radius 3 is 2.79 bits per heavy atom. The Bertz CT molecular complexity index is 295. The van der Waals surface area contributed by atoms with Crippen LogP contribution in [-0.2, 0) is 0 Å². The average Bonchev–Trinajstić information content (AvgIpc) is 2.41. The molecular formula is C9H10F3NS. The van der Waals surface area contributed by atoms with Gasteiger partial charge in [-0.15, -0.1) is 11.8 Å². The van der Waals surface area contributed by atoms with Crippen molar-refractivity contribution in [1.29, 1.82) is 0 Å². The Morgan fingerprint density at radius 2 is 2.14 bits per heavy atom. The number of rotatable bonds is 0. The molecule has 1 saturated heterocycles. The third kappa shape index (κ3) is 1.70. The summed E-state index contributed by atoms with van der Waals surface area (Å²) < 4.78 is 37.7. The van der Waals surface area contributed by atoms with Crippen molar-refractivity contribution in [3.8, 4) is 0 Å². The van der Waals surface area contributed by atoms with Crippen molar-refractivity contribution in [2.75, 3.05) is 0 Å². The molecule has 2 N–H and O–H groups in total. The molecule has 14 heavy (non-hydrogen) atoms. The molecule has 0 amide bonds. The quantitative estimate of drug-likeness (QED) is 0.680. The number of nitrogens with two attached hydrogens (primary N) is 1. The predicted molar refractivity (Wildman–Crippen MR) is 50.7 cm³/mol. The molecule has 2 aliphatic rings. The van der Waals surface area contributed by atoms with E-state index < -0.39 is 17.7 Å². The fraction of sp³-hybridized carbons (Fsp3) is 0.556. The molecular weight excluding hydrogens is 211 g/mol. The van der Waals surface area contributed by atoms with Gasteiger partial charge in [-0.25, -0.2) is 0 Å². The summed E-state index contributed by atoms with van der Waals surface area (Å²) in [5, 5.41) is -0.259. The molecule has 5 heteroatoms. The molecule has 1 aliphatic heterocycles. The molecule has 3 unspecified atom stereocenters. The average molecular weight is 221 g/mol. The summed E-state index contributed by atoms with van der Waals surface area (Å²) in [6.07, 6.45) is 0.662. The van der Waals surface area contributed by atoms with Gasteiger partial charge < -0.3 is 5.73 Å². The summed E-state index contributed by atoms with van der Waals surface area (Å²) in [4.78, 5) is 0. The summed E-state index contributed by atoms with van der Waals surface area (Å²) in [5.41, 5.74) is 5.21. The number of fused-ring (bicyclic) bond motifs is 1. The van der Waals surface area contributed by atoms with Gasteiger partial charge in [0.15, 0.2) is 0 Å². The largest absolute Gasteiger partial charge is 0.413 e. The summed E-state index contributed by atoms with van der Waals surface area (Å²) in [5.74, 6) is -0.444. The fourth-order valence-corrected chi connectivity index (χ4v) is 3.27. The molecule has 1 fully saturated rings. The lowest BCUT2D eigenvalue weighted by Gasteiger charge is -2.23. The Balaban J connectivity index is 2.26. The highest BCUT2D eigenvalue weighted by Gasteiger charge is 2.45. The van der Waals surface area contributed by atoms with Crippen molar-refractivity contribution in [1.82, 2.24) is 0 Å². The molecule has 78 valence electrons. The number of allylic oxidation sites excluding steroid dienone is 3. The maximum Gasteiger partial charge on any atom is 0.413 e. The maximum atomic E-state index is 12.6. The van der Waals surface area contributed by atoms with Crippen molar-refractivity contribution in [2.45, 2.75) is 23.2 Å². The van der Waals surface area contributed by atoms with Gasteiger partial charge in [-0.2, -0.15) is 13.2 Å². The van der Waals surface area contributed by atoms with E-state index in [1.807, 2.05) is 0 Å². The van der Waals surface area contributed by atoms with Crippen LogP contribution < -0.4 is 5.73 Å². The Morgan fingerprint density at radius 1 is 1.43 bits per heavy atom.